The largest absolute Gasteiger partial charge is 0.504 e. The summed E-state index contributed by atoms with van der Waals surface area (Å²) < 4.78 is 4.85. The quantitative estimate of drug-likeness (QED) is 0.662. The lowest BCUT2D eigenvalue weighted by atomic mass is 10.2. The summed E-state index contributed by atoms with van der Waals surface area (Å²) in [7, 11) is 1.47. The summed E-state index contributed by atoms with van der Waals surface area (Å²) in [4.78, 5) is 13.2. The number of isocyanates is 1. The maximum Gasteiger partial charge on any atom is 0.235 e. The molecule has 1 N–H and O–H groups in total. The number of aliphatic imine (C=N–C) groups is 1. The third-order valence-corrected chi connectivity index (χ3v) is 1.57. The summed E-state index contributed by atoms with van der Waals surface area (Å²) in [5, 5.41) is 19.4. The Labute approximate surface area is 107 Å². The van der Waals surface area contributed by atoms with Crippen molar-refractivity contribution in [2.45, 2.75) is 32.9 Å². The van der Waals surface area contributed by atoms with Crippen LogP contribution >= 0.6 is 0 Å². The van der Waals surface area contributed by atoms with Crippen LogP contribution in [0.4, 0.5) is 0 Å². The molecule has 0 heterocycles. The molecule has 0 saturated carbocycles. The minimum Gasteiger partial charge on any atom is -0.504 e. The van der Waals surface area contributed by atoms with Crippen LogP contribution in [0.2, 0.25) is 0 Å². The minimum atomic E-state index is -0.750. The topological polar surface area (TPSA) is 78.8 Å². The number of hydrogen-bond acceptors (Lipinski definition) is 4. The Balaban J connectivity index is 0.000000494. The monoisotopic (exact) mass is 252 g/mol. The molecule has 0 spiro atoms. The van der Waals surface area contributed by atoms with Crippen LogP contribution in [0.1, 0.15) is 26.3 Å². The van der Waals surface area contributed by atoms with Gasteiger partial charge < -0.3 is 9.84 Å². The van der Waals surface area contributed by atoms with Crippen LogP contribution in [-0.2, 0) is 16.4 Å². The van der Waals surface area contributed by atoms with Gasteiger partial charge >= 0.3 is 0 Å². The molecule has 0 aromatic heterocycles. The Morgan fingerprint density at radius 2 is 1.94 bits per heavy atom. The van der Waals surface area contributed by atoms with E-state index in [9.17, 15) is 15.0 Å². The molecule has 0 amide bonds. The number of nitrogens with zero attached hydrogens (tertiary/aromatic N) is 1. The third-order valence-electron chi connectivity index (χ3n) is 1.57. The molecular weight excluding hydrogens is 234 g/mol. The molecule has 1 rings (SSSR count). The normalized spacial score (nSPS) is 9.83. The molecule has 0 aliphatic carbocycles. The standard InChI is InChI=1S/C9H9NO3.C4H9O/c1-13-9-3-2-7(4-8(9)12)5-10-6-11;1-4(2,3)5/h2-4,12H,5H2,1H3;1-3H3. The molecule has 0 bridgehead atoms. The number of carbonyl (C=O) groups excluding carboxylic acids is 1. The maximum atomic E-state index is 10.1. The van der Waals surface area contributed by atoms with Gasteiger partial charge in [0.15, 0.2) is 11.5 Å². The smallest absolute Gasteiger partial charge is 0.235 e. The summed E-state index contributed by atoms with van der Waals surface area (Å²) in [6.45, 7) is 5.12. The molecule has 0 atom stereocenters. The minimum absolute atomic E-state index is 0.0427. The van der Waals surface area contributed by atoms with Crippen LogP contribution in [0.5, 0.6) is 11.5 Å². The zero-order chi connectivity index (χ0) is 14.2. The first-order valence-electron chi connectivity index (χ1n) is 5.38. The maximum absolute atomic E-state index is 10.1. The van der Waals surface area contributed by atoms with Crippen molar-refractivity contribution in [3.63, 3.8) is 0 Å². The van der Waals surface area contributed by atoms with Crippen LogP contribution in [0.25, 0.3) is 0 Å². The van der Waals surface area contributed by atoms with Gasteiger partial charge in [0.1, 0.15) is 0 Å². The van der Waals surface area contributed by atoms with E-state index >= 15 is 0 Å². The second-order valence-corrected chi connectivity index (χ2v) is 4.53. The number of benzene rings is 1. The van der Waals surface area contributed by atoms with Crippen molar-refractivity contribution >= 4 is 6.08 Å². The Morgan fingerprint density at radius 3 is 2.33 bits per heavy atom. The number of phenolic OH excluding ortho intramolecular Hbond substituents is 1. The predicted molar refractivity (Wildman–Crippen MR) is 66.9 cm³/mol. The lowest BCUT2D eigenvalue weighted by Crippen LogP contribution is -2.07. The molecule has 0 aliphatic rings. The first-order valence-corrected chi connectivity index (χ1v) is 5.38. The highest BCUT2D eigenvalue weighted by atomic mass is 16.5. The van der Waals surface area contributed by atoms with Crippen LogP contribution in [0.3, 0.4) is 0 Å². The molecule has 5 heteroatoms. The fraction of sp³-hybridized carbons (Fsp3) is 0.462. The number of aromatic hydroxyl groups is 1. The average molecular weight is 252 g/mol. The molecule has 99 valence electrons. The summed E-state index contributed by atoms with van der Waals surface area (Å²) in [6, 6.07) is 4.84. The molecular formula is C13H18NO4. The summed E-state index contributed by atoms with van der Waals surface area (Å²) in [5.41, 5.74) is -0.0124. The lowest BCUT2D eigenvalue weighted by Gasteiger charge is -2.03. The highest BCUT2D eigenvalue weighted by molar-refractivity contribution is 5.42. The summed E-state index contributed by atoms with van der Waals surface area (Å²) in [6.07, 6.45) is 1.43. The van der Waals surface area contributed by atoms with E-state index in [0.29, 0.717) is 5.75 Å². The number of ether oxygens (including phenoxy) is 1. The number of methoxy groups -OCH3 is 1. The van der Waals surface area contributed by atoms with Gasteiger partial charge in [-0.25, -0.2) is 14.9 Å². The molecule has 1 radical (unpaired) electrons. The van der Waals surface area contributed by atoms with E-state index in [-0.39, 0.29) is 12.3 Å². The zero-order valence-corrected chi connectivity index (χ0v) is 11.1. The molecule has 18 heavy (non-hydrogen) atoms. The Kier molecular flexibility index (Phi) is 6.71. The van der Waals surface area contributed by atoms with Gasteiger partial charge in [-0.3, -0.25) is 0 Å². The van der Waals surface area contributed by atoms with Gasteiger partial charge in [-0.15, -0.1) is 0 Å². The van der Waals surface area contributed by atoms with Crippen molar-refractivity contribution < 1.29 is 19.7 Å². The van der Waals surface area contributed by atoms with Gasteiger partial charge in [0.2, 0.25) is 6.08 Å². The Bertz CT molecular complexity index is 411. The van der Waals surface area contributed by atoms with Crippen LogP contribution in [0.15, 0.2) is 23.2 Å². The Morgan fingerprint density at radius 1 is 1.39 bits per heavy atom. The van der Waals surface area contributed by atoms with E-state index in [1.165, 1.54) is 19.3 Å². The van der Waals surface area contributed by atoms with E-state index in [2.05, 4.69) is 4.99 Å². The van der Waals surface area contributed by atoms with Gasteiger partial charge in [-0.05, 0) is 38.5 Å². The molecule has 0 aliphatic heterocycles. The first kappa shape index (κ1) is 16.2. The summed E-state index contributed by atoms with van der Waals surface area (Å²) >= 11 is 0. The molecule has 1 aromatic carbocycles. The van der Waals surface area contributed by atoms with Crippen molar-refractivity contribution in [3.8, 4) is 11.5 Å². The Hall–Kier alpha value is -1.84. The molecule has 0 saturated heterocycles. The van der Waals surface area contributed by atoms with Crippen molar-refractivity contribution in [3.05, 3.63) is 23.8 Å². The highest BCUT2D eigenvalue weighted by Crippen LogP contribution is 2.26. The molecule has 0 fully saturated rings. The van der Waals surface area contributed by atoms with E-state index in [1.54, 1.807) is 32.9 Å². The SMILES string of the molecule is CC(C)(C)[O].COc1ccc(CN=C=O)cc1O. The van der Waals surface area contributed by atoms with E-state index in [4.69, 9.17) is 4.74 Å². The lowest BCUT2D eigenvalue weighted by molar-refractivity contribution is 0.0219. The van der Waals surface area contributed by atoms with Gasteiger partial charge in [-0.1, -0.05) is 6.07 Å². The predicted octanol–water partition coefficient (Wildman–Crippen LogP) is 2.45. The van der Waals surface area contributed by atoms with Crippen LogP contribution < -0.4 is 4.74 Å². The zero-order valence-electron chi connectivity index (χ0n) is 11.1. The second-order valence-electron chi connectivity index (χ2n) is 4.53. The van der Waals surface area contributed by atoms with Crippen molar-refractivity contribution in [1.29, 1.82) is 0 Å². The van der Waals surface area contributed by atoms with E-state index in [1.807, 2.05) is 0 Å². The van der Waals surface area contributed by atoms with Gasteiger partial charge in [0.05, 0.1) is 19.3 Å². The summed E-state index contributed by atoms with van der Waals surface area (Å²) in [5.74, 6) is 0.444. The van der Waals surface area contributed by atoms with Crippen molar-refractivity contribution in [2.24, 2.45) is 4.99 Å². The van der Waals surface area contributed by atoms with E-state index in [0.717, 1.165) is 5.56 Å². The number of rotatable bonds is 3. The van der Waals surface area contributed by atoms with Gasteiger partial charge in [-0.2, -0.15) is 0 Å². The van der Waals surface area contributed by atoms with Gasteiger partial charge in [0, 0.05) is 0 Å². The average Bonchev–Trinajstić information content (AvgIpc) is 2.24. The van der Waals surface area contributed by atoms with Crippen LogP contribution in [0, 0.1) is 0 Å². The van der Waals surface area contributed by atoms with Crippen LogP contribution in [-0.4, -0.2) is 23.9 Å². The molecule has 1 aromatic rings. The van der Waals surface area contributed by atoms with E-state index < -0.39 is 5.60 Å². The molecule has 0 unspecified atom stereocenters. The van der Waals surface area contributed by atoms with Crippen molar-refractivity contribution in [1.82, 2.24) is 0 Å². The fourth-order valence-corrected chi connectivity index (χ4v) is 0.957. The molecule has 5 nitrogen and oxygen atoms in total. The third kappa shape index (κ3) is 8.33. The first-order chi connectivity index (χ1) is 8.27. The second kappa shape index (κ2) is 7.48. The van der Waals surface area contributed by atoms with Crippen molar-refractivity contribution in [2.75, 3.05) is 7.11 Å². The number of hydrogen-bond donors (Lipinski definition) is 1. The fourth-order valence-electron chi connectivity index (χ4n) is 0.957. The number of phenols is 1. The highest BCUT2D eigenvalue weighted by Gasteiger charge is 2.02. The van der Waals surface area contributed by atoms with Gasteiger partial charge in [0.25, 0.3) is 0 Å².